The molecule has 2 nitrogen and oxygen atoms in total. The first-order valence-electron chi connectivity index (χ1n) is 4.53. The van der Waals surface area contributed by atoms with E-state index >= 15 is 0 Å². The molecule has 29 heavy (non-hydrogen) atoms. The molecule has 0 aliphatic rings. The van der Waals surface area contributed by atoms with Crippen LogP contribution in [0.4, 0.5) is 0 Å². The SMILES string of the molecule is [CH2-]n1c2ccccc2c2ncccc21.[Y].[Y].[Y].[Y].[Y].[Y].[Y].[Y].[Y].[Y].[Y].[Y].[Y].[Y].[Y]. The Morgan fingerprint density at radius 2 is 0.897 bits per heavy atom. The second kappa shape index (κ2) is 52.1. The van der Waals surface area contributed by atoms with Crippen LogP contribution in [-0.2, 0) is 491 Å². The number of hydrogen-bond donors (Lipinski definition) is 0. The van der Waals surface area contributed by atoms with Gasteiger partial charge in [0.15, 0.2) is 0 Å². The third kappa shape index (κ3) is 29.7. The largest absolute Gasteiger partial charge is 0.479 e. The molecule has 0 unspecified atom stereocenters. The normalized spacial score (nSPS) is 5.38. The van der Waals surface area contributed by atoms with Gasteiger partial charge in [0.2, 0.25) is 0 Å². The maximum atomic E-state index is 4.37. The second-order valence-corrected chi connectivity index (χ2v) is 3.32. The first kappa shape index (κ1) is 84.5. The molecule has 113 valence electrons. The Bertz CT molecular complexity index is 584. The summed E-state index contributed by atoms with van der Waals surface area (Å²) in [4.78, 5) is 4.37. The summed E-state index contributed by atoms with van der Waals surface area (Å²) in [6.45, 7) is 0. The minimum atomic E-state index is 0. The Morgan fingerprint density at radius 3 is 1.34 bits per heavy atom. The zero-order chi connectivity index (χ0) is 9.54. The van der Waals surface area contributed by atoms with Gasteiger partial charge in [0.1, 0.15) is 0 Å². The van der Waals surface area contributed by atoms with E-state index in [0.717, 1.165) is 21.9 Å². The minimum Gasteiger partial charge on any atom is -0.479 e. The third-order valence-electron chi connectivity index (χ3n) is 2.53. The summed E-state index contributed by atoms with van der Waals surface area (Å²) < 4.78 is 1.93. The zero-order valence-corrected chi connectivity index (χ0v) is 58.9. The van der Waals surface area contributed by atoms with Crippen molar-refractivity contribution in [2.75, 3.05) is 0 Å². The number of hydrogen-bond acceptors (Lipinski definition) is 1. The van der Waals surface area contributed by atoms with Crippen LogP contribution in [0.1, 0.15) is 0 Å². The maximum absolute atomic E-state index is 4.37. The van der Waals surface area contributed by atoms with Crippen LogP contribution in [0.25, 0.3) is 21.9 Å². The molecule has 2 heterocycles. The number of fused-ring (bicyclic) bond motifs is 3. The van der Waals surface area contributed by atoms with E-state index in [1.807, 2.05) is 35.0 Å². The third-order valence-corrected chi connectivity index (χ3v) is 2.53. The van der Waals surface area contributed by atoms with Crippen LogP contribution in [0.3, 0.4) is 0 Å². The molecule has 3 rings (SSSR count). The monoisotopic (exact) mass is 1510 g/mol. The molecule has 15 radical (unpaired) electrons. The summed E-state index contributed by atoms with van der Waals surface area (Å²) in [6.07, 6.45) is 1.81. The molecule has 0 amide bonds. The van der Waals surface area contributed by atoms with Crippen molar-refractivity contribution >= 4 is 21.9 Å². The van der Waals surface area contributed by atoms with Crippen molar-refractivity contribution in [1.82, 2.24) is 9.55 Å². The van der Waals surface area contributed by atoms with Crippen molar-refractivity contribution < 1.29 is 491 Å². The fourth-order valence-corrected chi connectivity index (χ4v) is 1.86. The molecule has 3 aromatic rings. The molecule has 2 aromatic heterocycles. The fraction of sp³-hybridized carbons (Fsp3) is 0. The van der Waals surface area contributed by atoms with Gasteiger partial charge < -0.3 is 4.57 Å². The van der Waals surface area contributed by atoms with Crippen molar-refractivity contribution in [2.45, 2.75) is 0 Å². The van der Waals surface area contributed by atoms with Crippen molar-refractivity contribution in [3.05, 3.63) is 49.6 Å². The Morgan fingerprint density at radius 1 is 0.517 bits per heavy atom. The Kier molecular flexibility index (Phi) is 152. The summed E-state index contributed by atoms with van der Waals surface area (Å²) >= 11 is 0. The summed E-state index contributed by atoms with van der Waals surface area (Å²) in [5, 5.41) is 1.16. The molecule has 0 aliphatic heterocycles. The van der Waals surface area contributed by atoms with E-state index in [9.17, 15) is 0 Å². The van der Waals surface area contributed by atoms with Gasteiger partial charge in [-0.25, -0.2) is 0 Å². The molecular formula is C12H9N2Y15-. The van der Waals surface area contributed by atoms with Gasteiger partial charge in [-0.15, -0.1) is 7.05 Å². The molecule has 0 bridgehead atoms. The smallest absolute Gasteiger partial charge is 0.0285 e. The molecule has 0 N–H and O–H groups in total. The average Bonchev–Trinajstić information content (AvgIpc) is 2.55. The molecule has 0 spiro atoms. The van der Waals surface area contributed by atoms with Crippen LogP contribution in [0.2, 0.25) is 0 Å². The first-order valence-corrected chi connectivity index (χ1v) is 4.53. The molecular weight excluding hydrogens is 1510 g/mol. The van der Waals surface area contributed by atoms with Crippen molar-refractivity contribution in [1.29, 1.82) is 0 Å². The zero-order valence-electron chi connectivity index (χ0n) is 16.3. The molecule has 0 atom stereocenters. The van der Waals surface area contributed by atoms with E-state index in [1.54, 1.807) is 0 Å². The molecule has 17 heteroatoms. The summed E-state index contributed by atoms with van der Waals surface area (Å²) in [5.74, 6) is 0. The summed E-state index contributed by atoms with van der Waals surface area (Å²) in [6, 6.07) is 12.1. The molecule has 0 saturated heterocycles. The van der Waals surface area contributed by atoms with Crippen molar-refractivity contribution in [2.24, 2.45) is 0 Å². The Labute approximate surface area is 553 Å². The van der Waals surface area contributed by atoms with Gasteiger partial charge in [0.25, 0.3) is 0 Å². The average molecular weight is 1510 g/mol. The van der Waals surface area contributed by atoms with Gasteiger partial charge in [0.05, 0.1) is 0 Å². The molecule has 0 aliphatic carbocycles. The standard InChI is InChI=1S/C12H9N2.15Y/c1-14-10-6-3-2-5-9(10)12-11(14)7-4-8-13-12;;;;;;;;;;;;;;;/h2-8H,1H2;;;;;;;;;;;;;;;/q-1;;;;;;;;;;;;;;;. The van der Waals surface area contributed by atoms with Gasteiger partial charge in [-0.05, 0) is 10.9 Å². The maximum Gasteiger partial charge on any atom is 0.0285 e. The number of aromatic nitrogens is 2. The van der Waals surface area contributed by atoms with E-state index < -0.39 is 0 Å². The number of para-hydroxylation sites is 1. The van der Waals surface area contributed by atoms with Gasteiger partial charge >= 0.3 is 0 Å². The Balaban J connectivity index is -0.0000000155. The summed E-state index contributed by atoms with van der Waals surface area (Å²) in [7, 11) is 4.01. The molecule has 0 fully saturated rings. The van der Waals surface area contributed by atoms with E-state index in [4.69, 9.17) is 0 Å². The Hall–Kier alpha value is 14.6. The van der Waals surface area contributed by atoms with E-state index in [-0.39, 0.29) is 491 Å². The first-order chi connectivity index (χ1) is 6.88. The van der Waals surface area contributed by atoms with Crippen LogP contribution in [0.15, 0.2) is 42.6 Å². The van der Waals surface area contributed by atoms with Gasteiger partial charge in [-0.2, -0.15) is 0 Å². The number of benzene rings is 1. The van der Waals surface area contributed by atoms with Crippen LogP contribution in [0.5, 0.6) is 0 Å². The predicted molar refractivity (Wildman–Crippen MR) is 58.0 cm³/mol. The number of rotatable bonds is 0. The van der Waals surface area contributed by atoms with E-state index in [0.29, 0.717) is 0 Å². The molecule has 1 aromatic carbocycles. The van der Waals surface area contributed by atoms with Crippen LogP contribution >= 0.6 is 0 Å². The quantitative estimate of drug-likeness (QED) is 0.318. The number of nitrogens with zero attached hydrogens (tertiary/aromatic N) is 2. The van der Waals surface area contributed by atoms with Crippen LogP contribution < -0.4 is 0 Å². The van der Waals surface area contributed by atoms with Crippen LogP contribution in [-0.4, -0.2) is 9.55 Å². The van der Waals surface area contributed by atoms with Crippen molar-refractivity contribution in [3.63, 3.8) is 0 Å². The molecule has 0 saturated carbocycles. The van der Waals surface area contributed by atoms with E-state index in [1.165, 1.54) is 0 Å². The van der Waals surface area contributed by atoms with E-state index in [2.05, 4.69) is 24.2 Å². The number of pyridine rings is 1. The minimum absolute atomic E-state index is 0. The van der Waals surface area contributed by atoms with Crippen LogP contribution in [0, 0.1) is 7.05 Å². The fourth-order valence-electron chi connectivity index (χ4n) is 1.86. The van der Waals surface area contributed by atoms with Crippen molar-refractivity contribution in [3.8, 4) is 0 Å². The van der Waals surface area contributed by atoms with Gasteiger partial charge in [-0.3, -0.25) is 4.98 Å². The van der Waals surface area contributed by atoms with Gasteiger partial charge in [-0.1, -0.05) is 41.9 Å². The van der Waals surface area contributed by atoms with Gasteiger partial charge in [0, 0.05) is 502 Å². The topological polar surface area (TPSA) is 17.8 Å². The predicted octanol–water partition coefficient (Wildman–Crippen LogP) is 2.79. The second-order valence-electron chi connectivity index (χ2n) is 3.32. The summed E-state index contributed by atoms with van der Waals surface area (Å²) in [5.41, 5.74) is 3.23.